The Bertz CT molecular complexity index is 513. The van der Waals surface area contributed by atoms with Crippen molar-refractivity contribution in [1.29, 1.82) is 0 Å². The Morgan fingerprint density at radius 3 is 2.55 bits per heavy atom. The Hall–Kier alpha value is -1.19. The monoisotopic (exact) mass is 306 g/mol. The third-order valence-electron chi connectivity index (χ3n) is 6.98. The molecule has 3 rings (SSSR count). The van der Waals surface area contributed by atoms with Gasteiger partial charge in [-0.05, 0) is 56.8 Å². The first-order chi connectivity index (χ1) is 10.3. The van der Waals surface area contributed by atoms with Crippen LogP contribution in [0.25, 0.3) is 0 Å². The minimum absolute atomic E-state index is 0.00364. The highest BCUT2D eigenvalue weighted by Gasteiger charge is 2.60. The SMILES string of the molecule is CC(=O)O[C@@H]1CC[C@@H]2[C@@H]3CCC(=O)[C@](C)(C=O)[C@H]3CC[C@]21C. The molecule has 22 heavy (non-hydrogen) atoms. The van der Waals surface area contributed by atoms with Gasteiger partial charge in [-0.1, -0.05) is 6.92 Å². The van der Waals surface area contributed by atoms with Crippen LogP contribution >= 0.6 is 0 Å². The molecule has 0 unspecified atom stereocenters. The standard InChI is InChI=1S/C18H26O4/c1-11(20)22-16-7-5-13-12-4-6-15(21)18(3,10-19)14(12)8-9-17(13,16)2/h10,12-14,16H,4-9H2,1-3H3/t12-,13+,14-,16+,17+,18+/m0/s1. The molecule has 0 bridgehead atoms. The molecule has 0 aromatic rings. The van der Waals surface area contributed by atoms with Crippen molar-refractivity contribution >= 4 is 18.0 Å². The van der Waals surface area contributed by atoms with E-state index in [1.165, 1.54) is 6.92 Å². The van der Waals surface area contributed by atoms with Crippen LogP contribution in [0.5, 0.6) is 0 Å². The van der Waals surface area contributed by atoms with E-state index < -0.39 is 5.41 Å². The second-order valence-electron chi connectivity index (χ2n) is 7.96. The number of fused-ring (bicyclic) bond motifs is 3. The van der Waals surface area contributed by atoms with Crippen LogP contribution in [0.1, 0.15) is 59.3 Å². The van der Waals surface area contributed by atoms with Crippen molar-refractivity contribution < 1.29 is 19.1 Å². The number of Topliss-reactive ketones (excluding diaryl/α,β-unsaturated/α-hetero) is 1. The molecule has 3 fully saturated rings. The Morgan fingerprint density at radius 2 is 1.91 bits per heavy atom. The number of ether oxygens (including phenoxy) is 1. The number of rotatable bonds is 2. The minimum Gasteiger partial charge on any atom is -0.462 e. The van der Waals surface area contributed by atoms with Gasteiger partial charge in [0.2, 0.25) is 0 Å². The molecular weight excluding hydrogens is 280 g/mol. The molecule has 0 amide bonds. The summed E-state index contributed by atoms with van der Waals surface area (Å²) in [7, 11) is 0. The van der Waals surface area contributed by atoms with E-state index in [1.54, 1.807) is 0 Å². The maximum Gasteiger partial charge on any atom is 0.302 e. The second-order valence-corrected chi connectivity index (χ2v) is 7.96. The number of hydrogen-bond donors (Lipinski definition) is 0. The normalized spacial score (nSPS) is 47.5. The first kappa shape index (κ1) is 15.7. The summed E-state index contributed by atoms with van der Waals surface area (Å²) in [5, 5.41) is 0. The number of aldehydes is 1. The maximum atomic E-state index is 12.3. The second kappa shape index (κ2) is 5.17. The number of carbonyl (C=O) groups excluding carboxylic acids is 3. The summed E-state index contributed by atoms with van der Waals surface area (Å²) < 4.78 is 5.59. The van der Waals surface area contributed by atoms with Crippen molar-refractivity contribution in [1.82, 2.24) is 0 Å². The largest absolute Gasteiger partial charge is 0.462 e. The summed E-state index contributed by atoms with van der Waals surface area (Å²) in [4.78, 5) is 35.3. The fourth-order valence-electron chi connectivity index (χ4n) is 5.71. The highest BCUT2D eigenvalue weighted by molar-refractivity contribution is 5.98. The van der Waals surface area contributed by atoms with Gasteiger partial charge in [0, 0.05) is 18.8 Å². The van der Waals surface area contributed by atoms with E-state index in [0.29, 0.717) is 18.3 Å². The molecule has 0 heterocycles. The predicted octanol–water partition coefficient (Wildman–Crippen LogP) is 2.93. The number of carbonyl (C=O) groups is 3. The van der Waals surface area contributed by atoms with Gasteiger partial charge in [-0.2, -0.15) is 0 Å². The Balaban J connectivity index is 1.88. The third-order valence-corrected chi connectivity index (χ3v) is 6.98. The van der Waals surface area contributed by atoms with Gasteiger partial charge in [0.1, 0.15) is 18.2 Å². The van der Waals surface area contributed by atoms with E-state index in [1.807, 2.05) is 6.92 Å². The molecule has 0 spiro atoms. The zero-order valence-corrected chi connectivity index (χ0v) is 13.8. The van der Waals surface area contributed by atoms with E-state index in [2.05, 4.69) is 6.92 Å². The van der Waals surface area contributed by atoms with Crippen molar-refractivity contribution in [2.75, 3.05) is 0 Å². The lowest BCUT2D eigenvalue weighted by Gasteiger charge is -2.53. The molecule has 3 aliphatic carbocycles. The Kier molecular flexibility index (Phi) is 3.69. The first-order valence-electron chi connectivity index (χ1n) is 8.50. The summed E-state index contributed by atoms with van der Waals surface area (Å²) in [6.45, 7) is 5.55. The number of hydrogen-bond acceptors (Lipinski definition) is 4. The van der Waals surface area contributed by atoms with Crippen LogP contribution in [0.2, 0.25) is 0 Å². The van der Waals surface area contributed by atoms with Crippen LogP contribution in [-0.2, 0) is 19.1 Å². The molecule has 0 radical (unpaired) electrons. The lowest BCUT2D eigenvalue weighted by Crippen LogP contribution is -2.53. The highest BCUT2D eigenvalue weighted by atomic mass is 16.5. The summed E-state index contributed by atoms with van der Waals surface area (Å²) in [6, 6.07) is 0. The van der Waals surface area contributed by atoms with Gasteiger partial charge >= 0.3 is 5.97 Å². The summed E-state index contributed by atoms with van der Waals surface area (Å²) >= 11 is 0. The molecule has 3 aliphatic rings. The summed E-state index contributed by atoms with van der Waals surface area (Å²) in [5.74, 6) is 0.947. The fourth-order valence-corrected chi connectivity index (χ4v) is 5.71. The van der Waals surface area contributed by atoms with Crippen molar-refractivity contribution in [3.8, 4) is 0 Å². The molecule has 0 N–H and O–H groups in total. The zero-order valence-electron chi connectivity index (χ0n) is 13.8. The lowest BCUT2D eigenvalue weighted by molar-refractivity contribution is -0.160. The van der Waals surface area contributed by atoms with Gasteiger partial charge in [-0.25, -0.2) is 0 Å². The maximum absolute atomic E-state index is 12.3. The molecule has 0 aromatic heterocycles. The third kappa shape index (κ3) is 2.06. The van der Waals surface area contributed by atoms with Gasteiger partial charge in [-0.15, -0.1) is 0 Å². The molecule has 0 saturated heterocycles. The van der Waals surface area contributed by atoms with Crippen LogP contribution in [0.3, 0.4) is 0 Å². The van der Waals surface area contributed by atoms with Gasteiger partial charge < -0.3 is 9.53 Å². The van der Waals surface area contributed by atoms with E-state index in [4.69, 9.17) is 4.74 Å². The van der Waals surface area contributed by atoms with E-state index in [-0.39, 0.29) is 29.2 Å². The smallest absolute Gasteiger partial charge is 0.302 e. The highest BCUT2D eigenvalue weighted by Crippen LogP contribution is 2.62. The Morgan fingerprint density at radius 1 is 1.18 bits per heavy atom. The van der Waals surface area contributed by atoms with Crippen LogP contribution in [0, 0.1) is 28.6 Å². The molecule has 6 atom stereocenters. The Labute approximate surface area is 132 Å². The van der Waals surface area contributed by atoms with Crippen molar-refractivity contribution in [3.63, 3.8) is 0 Å². The van der Waals surface area contributed by atoms with Crippen LogP contribution in [0.15, 0.2) is 0 Å². The molecule has 0 aliphatic heterocycles. The van der Waals surface area contributed by atoms with Crippen LogP contribution < -0.4 is 0 Å². The van der Waals surface area contributed by atoms with Crippen molar-refractivity contribution in [2.45, 2.75) is 65.4 Å². The van der Waals surface area contributed by atoms with Gasteiger partial charge in [0.05, 0.1) is 5.41 Å². The average molecular weight is 306 g/mol. The van der Waals surface area contributed by atoms with Crippen molar-refractivity contribution in [2.24, 2.45) is 28.6 Å². The van der Waals surface area contributed by atoms with Gasteiger partial charge in [-0.3, -0.25) is 9.59 Å². The molecule has 4 heteroatoms. The quantitative estimate of drug-likeness (QED) is 0.447. The van der Waals surface area contributed by atoms with Crippen LogP contribution in [0.4, 0.5) is 0 Å². The van der Waals surface area contributed by atoms with Gasteiger partial charge in [0.25, 0.3) is 0 Å². The minimum atomic E-state index is -0.802. The van der Waals surface area contributed by atoms with E-state index in [0.717, 1.165) is 38.4 Å². The topological polar surface area (TPSA) is 60.4 Å². The molecule has 122 valence electrons. The molecule has 3 saturated carbocycles. The summed E-state index contributed by atoms with van der Waals surface area (Å²) in [6.07, 6.45) is 6.07. The van der Waals surface area contributed by atoms with E-state index in [9.17, 15) is 14.4 Å². The van der Waals surface area contributed by atoms with Crippen molar-refractivity contribution in [3.05, 3.63) is 0 Å². The summed E-state index contributed by atoms with van der Waals surface area (Å²) in [5.41, 5.74) is -0.791. The number of esters is 1. The molecular formula is C18H26O4. The van der Waals surface area contributed by atoms with E-state index >= 15 is 0 Å². The number of ketones is 1. The average Bonchev–Trinajstić information content (AvgIpc) is 2.79. The molecule has 4 nitrogen and oxygen atoms in total. The first-order valence-corrected chi connectivity index (χ1v) is 8.50. The van der Waals surface area contributed by atoms with Crippen LogP contribution in [-0.4, -0.2) is 24.1 Å². The van der Waals surface area contributed by atoms with Gasteiger partial charge in [0.15, 0.2) is 0 Å². The predicted molar refractivity (Wildman–Crippen MR) is 81.0 cm³/mol. The fraction of sp³-hybridized carbons (Fsp3) is 0.833. The zero-order chi connectivity index (χ0) is 16.1. The lowest BCUT2D eigenvalue weighted by atomic mass is 9.50. The molecule has 0 aromatic carbocycles.